The standard InChI is InChI=1S/C17H15FN2O3S/c18-13-4-1-5-14-11(13)7-15(24-14)16(21)12(8-19)17(22)20-9-10-3-2-6-23-10/h1,4-5,7,10,12H,2-3,6,9H2,(H,20,22)/t10-,12-/m0/s1. The zero-order chi connectivity index (χ0) is 17.1. The Labute approximate surface area is 142 Å². The van der Waals surface area contributed by atoms with Gasteiger partial charge in [-0.05, 0) is 31.0 Å². The first kappa shape index (κ1) is 16.6. The van der Waals surface area contributed by atoms with Crippen molar-refractivity contribution in [3.05, 3.63) is 35.0 Å². The van der Waals surface area contributed by atoms with Crippen molar-refractivity contribution in [3.8, 4) is 6.07 Å². The Morgan fingerprint density at radius 2 is 2.33 bits per heavy atom. The number of nitrogens with one attached hydrogen (secondary N) is 1. The number of halogens is 1. The topological polar surface area (TPSA) is 79.2 Å². The molecular weight excluding hydrogens is 331 g/mol. The third kappa shape index (κ3) is 3.30. The van der Waals surface area contributed by atoms with Gasteiger partial charge in [0, 0.05) is 23.2 Å². The molecule has 1 N–H and O–H groups in total. The van der Waals surface area contributed by atoms with Crippen LogP contribution in [0.5, 0.6) is 0 Å². The molecule has 1 aliphatic heterocycles. The van der Waals surface area contributed by atoms with E-state index in [1.807, 2.05) is 0 Å². The van der Waals surface area contributed by atoms with Crippen molar-refractivity contribution in [2.75, 3.05) is 13.2 Å². The summed E-state index contributed by atoms with van der Waals surface area (Å²) in [5, 5.41) is 12.1. The van der Waals surface area contributed by atoms with E-state index in [2.05, 4.69) is 5.32 Å². The summed E-state index contributed by atoms with van der Waals surface area (Å²) in [4.78, 5) is 24.8. The highest BCUT2D eigenvalue weighted by atomic mass is 32.1. The summed E-state index contributed by atoms with van der Waals surface area (Å²) >= 11 is 1.08. The minimum atomic E-state index is -1.44. The van der Waals surface area contributed by atoms with Gasteiger partial charge >= 0.3 is 0 Å². The number of hydrogen-bond acceptors (Lipinski definition) is 5. The summed E-state index contributed by atoms with van der Waals surface area (Å²) in [6, 6.07) is 7.70. The average molecular weight is 346 g/mol. The third-order valence-corrected chi connectivity index (χ3v) is 5.05. The van der Waals surface area contributed by atoms with E-state index < -0.39 is 23.4 Å². The van der Waals surface area contributed by atoms with Gasteiger partial charge in [0.2, 0.25) is 5.91 Å². The van der Waals surface area contributed by atoms with Gasteiger partial charge in [0.15, 0.2) is 11.7 Å². The number of Topliss-reactive ketones (excluding diaryl/α,β-unsaturated/α-hetero) is 1. The van der Waals surface area contributed by atoms with Crippen LogP contribution in [0.15, 0.2) is 24.3 Å². The second-order valence-electron chi connectivity index (χ2n) is 5.57. The van der Waals surface area contributed by atoms with Crippen molar-refractivity contribution in [3.63, 3.8) is 0 Å². The number of carbonyl (C=O) groups excluding carboxylic acids is 2. The van der Waals surface area contributed by atoms with Crippen LogP contribution in [-0.2, 0) is 9.53 Å². The van der Waals surface area contributed by atoms with Gasteiger partial charge in [0.25, 0.3) is 0 Å². The van der Waals surface area contributed by atoms with Gasteiger partial charge in [-0.15, -0.1) is 11.3 Å². The molecule has 124 valence electrons. The summed E-state index contributed by atoms with van der Waals surface area (Å²) in [7, 11) is 0. The minimum absolute atomic E-state index is 0.0678. The lowest BCUT2D eigenvalue weighted by Gasteiger charge is -2.12. The number of amides is 1. The van der Waals surface area contributed by atoms with Crippen LogP contribution >= 0.6 is 11.3 Å². The molecule has 1 aromatic heterocycles. The van der Waals surface area contributed by atoms with Crippen LogP contribution in [0.3, 0.4) is 0 Å². The number of benzene rings is 1. The number of thiophene rings is 1. The Morgan fingerprint density at radius 1 is 1.50 bits per heavy atom. The maximum Gasteiger partial charge on any atom is 0.245 e. The number of fused-ring (bicyclic) bond motifs is 1. The van der Waals surface area contributed by atoms with Crippen LogP contribution in [-0.4, -0.2) is 30.9 Å². The number of rotatable bonds is 5. The smallest absolute Gasteiger partial charge is 0.245 e. The van der Waals surface area contributed by atoms with Crippen molar-refractivity contribution in [1.29, 1.82) is 5.26 Å². The molecule has 0 aliphatic carbocycles. The molecule has 1 fully saturated rings. The summed E-state index contributed by atoms with van der Waals surface area (Å²) in [5.41, 5.74) is 0. The second kappa shape index (κ2) is 7.07. The van der Waals surface area contributed by atoms with Crippen LogP contribution in [0.4, 0.5) is 4.39 Å². The second-order valence-corrected chi connectivity index (χ2v) is 6.65. The molecule has 1 amide bonds. The van der Waals surface area contributed by atoms with Crippen molar-refractivity contribution in [2.45, 2.75) is 18.9 Å². The SMILES string of the molecule is N#C[C@H](C(=O)NC[C@@H]1CCCO1)C(=O)c1cc2c(F)cccc2s1. The van der Waals surface area contributed by atoms with E-state index in [1.54, 1.807) is 18.2 Å². The molecule has 5 nitrogen and oxygen atoms in total. The molecule has 24 heavy (non-hydrogen) atoms. The maximum absolute atomic E-state index is 13.7. The molecule has 0 radical (unpaired) electrons. The van der Waals surface area contributed by atoms with Crippen molar-refractivity contribution >= 4 is 33.1 Å². The lowest BCUT2D eigenvalue weighted by atomic mass is 10.0. The van der Waals surface area contributed by atoms with Gasteiger partial charge < -0.3 is 10.1 Å². The molecule has 0 bridgehead atoms. The Morgan fingerprint density at radius 3 is 3.00 bits per heavy atom. The van der Waals surface area contributed by atoms with Gasteiger partial charge in [0.1, 0.15) is 5.82 Å². The van der Waals surface area contributed by atoms with Crippen molar-refractivity contribution in [2.24, 2.45) is 5.92 Å². The molecule has 3 rings (SSSR count). The minimum Gasteiger partial charge on any atom is -0.376 e. The van der Waals surface area contributed by atoms with Crippen LogP contribution < -0.4 is 5.32 Å². The fourth-order valence-corrected chi connectivity index (χ4v) is 3.69. The molecule has 0 saturated carbocycles. The van der Waals surface area contributed by atoms with Crippen molar-refractivity contribution < 1.29 is 18.7 Å². The predicted octanol–water partition coefficient (Wildman–Crippen LogP) is 2.66. The Bertz CT molecular complexity index is 821. The Kier molecular flexibility index (Phi) is 4.88. The highest BCUT2D eigenvalue weighted by Crippen LogP contribution is 2.29. The number of nitrogens with zero attached hydrogens (tertiary/aromatic N) is 1. The Hall–Kier alpha value is -2.30. The first-order valence-corrected chi connectivity index (χ1v) is 8.43. The van der Waals surface area contributed by atoms with E-state index in [1.165, 1.54) is 12.1 Å². The molecule has 1 saturated heterocycles. The van der Waals surface area contributed by atoms with Gasteiger partial charge in [-0.1, -0.05) is 6.07 Å². The predicted molar refractivity (Wildman–Crippen MR) is 87.2 cm³/mol. The fourth-order valence-electron chi connectivity index (χ4n) is 2.65. The maximum atomic E-state index is 13.7. The summed E-state index contributed by atoms with van der Waals surface area (Å²) < 4.78 is 19.7. The highest BCUT2D eigenvalue weighted by molar-refractivity contribution is 7.20. The monoisotopic (exact) mass is 346 g/mol. The summed E-state index contributed by atoms with van der Waals surface area (Å²) in [5.74, 6) is -3.12. The van der Waals surface area contributed by atoms with Crippen LogP contribution in [0.25, 0.3) is 10.1 Å². The lowest BCUT2D eigenvalue weighted by molar-refractivity contribution is -0.122. The van der Waals surface area contributed by atoms with E-state index in [0.717, 1.165) is 24.2 Å². The number of nitriles is 1. The molecule has 2 atom stereocenters. The highest BCUT2D eigenvalue weighted by Gasteiger charge is 2.30. The number of carbonyl (C=O) groups is 2. The summed E-state index contributed by atoms with van der Waals surface area (Å²) in [6.45, 7) is 0.944. The number of ketones is 1. The zero-order valence-electron chi connectivity index (χ0n) is 12.8. The van der Waals surface area contributed by atoms with E-state index in [9.17, 15) is 19.2 Å². The van der Waals surface area contributed by atoms with E-state index >= 15 is 0 Å². The largest absolute Gasteiger partial charge is 0.376 e. The van der Waals surface area contributed by atoms with Gasteiger partial charge in [0.05, 0.1) is 17.1 Å². The average Bonchev–Trinajstić information content (AvgIpc) is 3.23. The number of hydrogen-bond donors (Lipinski definition) is 1. The van der Waals surface area contributed by atoms with Gasteiger partial charge in [-0.3, -0.25) is 9.59 Å². The lowest BCUT2D eigenvalue weighted by Crippen LogP contribution is -2.38. The Balaban J connectivity index is 1.73. The zero-order valence-corrected chi connectivity index (χ0v) is 13.6. The molecule has 0 unspecified atom stereocenters. The van der Waals surface area contributed by atoms with Crippen LogP contribution in [0.1, 0.15) is 22.5 Å². The van der Waals surface area contributed by atoms with Gasteiger partial charge in [-0.25, -0.2) is 4.39 Å². The van der Waals surface area contributed by atoms with E-state index in [-0.39, 0.29) is 17.5 Å². The summed E-state index contributed by atoms with van der Waals surface area (Å²) in [6.07, 6.45) is 1.72. The van der Waals surface area contributed by atoms with Crippen LogP contribution in [0, 0.1) is 23.1 Å². The quantitative estimate of drug-likeness (QED) is 0.667. The molecule has 1 aromatic carbocycles. The molecule has 2 heterocycles. The third-order valence-electron chi connectivity index (χ3n) is 3.93. The molecule has 7 heteroatoms. The van der Waals surface area contributed by atoms with E-state index in [4.69, 9.17) is 4.74 Å². The first-order valence-electron chi connectivity index (χ1n) is 7.61. The molecule has 2 aromatic rings. The number of ether oxygens (including phenoxy) is 1. The molecule has 1 aliphatic rings. The fraction of sp³-hybridized carbons (Fsp3) is 0.353. The molecular formula is C17H15FN2O3S. The normalized spacial score (nSPS) is 18.2. The van der Waals surface area contributed by atoms with E-state index in [0.29, 0.717) is 16.7 Å². The molecule has 0 spiro atoms. The first-order chi connectivity index (χ1) is 11.6. The van der Waals surface area contributed by atoms with Crippen molar-refractivity contribution in [1.82, 2.24) is 5.32 Å². The van der Waals surface area contributed by atoms with Crippen LogP contribution in [0.2, 0.25) is 0 Å². The van der Waals surface area contributed by atoms with Gasteiger partial charge in [-0.2, -0.15) is 5.26 Å².